The van der Waals surface area contributed by atoms with E-state index in [1.54, 1.807) is 0 Å². The lowest BCUT2D eigenvalue weighted by Gasteiger charge is -2.05. The number of carboxylic acids is 1. The summed E-state index contributed by atoms with van der Waals surface area (Å²) < 4.78 is 0. The van der Waals surface area contributed by atoms with Crippen LogP contribution >= 0.6 is 11.8 Å². The lowest BCUT2D eigenvalue weighted by molar-refractivity contribution is 0.0690. The molecule has 0 amide bonds. The standard InChI is InChI=1S/C10H11N3O3S/c1-6-7(9(14)15)8(13-10(16)12-6)17-5-3-2-4-11/h2-3,5H2,1H3,(H,14,15)(H,12,13,16). The van der Waals surface area contributed by atoms with E-state index in [1.165, 1.54) is 18.7 Å². The number of thioether (sulfide) groups is 1. The molecule has 0 aromatic carbocycles. The number of carbonyl (C=O) groups is 1. The summed E-state index contributed by atoms with van der Waals surface area (Å²) in [5.41, 5.74) is -0.248. The van der Waals surface area contributed by atoms with E-state index < -0.39 is 11.7 Å². The number of hydrogen-bond donors (Lipinski definition) is 2. The molecule has 0 spiro atoms. The third-order valence-corrected chi connectivity index (χ3v) is 3.03. The average molecular weight is 253 g/mol. The van der Waals surface area contributed by atoms with Crippen molar-refractivity contribution in [1.29, 1.82) is 5.26 Å². The number of aryl methyl sites for hydroxylation is 1. The number of nitrogens with one attached hydrogen (secondary N) is 1. The Labute approximate surface area is 102 Å². The summed E-state index contributed by atoms with van der Waals surface area (Å²) in [7, 11) is 0. The van der Waals surface area contributed by atoms with E-state index in [0.29, 0.717) is 24.3 Å². The van der Waals surface area contributed by atoms with Crippen molar-refractivity contribution in [3.05, 3.63) is 21.7 Å². The van der Waals surface area contributed by atoms with Crippen LogP contribution in [0.5, 0.6) is 0 Å². The minimum Gasteiger partial charge on any atom is -0.478 e. The zero-order chi connectivity index (χ0) is 12.8. The van der Waals surface area contributed by atoms with E-state index in [1.807, 2.05) is 6.07 Å². The summed E-state index contributed by atoms with van der Waals surface area (Å²) in [4.78, 5) is 28.2. The molecule has 0 saturated carbocycles. The Bertz CT molecular complexity index is 519. The van der Waals surface area contributed by atoms with Crippen LogP contribution in [-0.2, 0) is 0 Å². The first-order chi connectivity index (χ1) is 8.06. The van der Waals surface area contributed by atoms with Crippen molar-refractivity contribution >= 4 is 17.7 Å². The smallest absolute Gasteiger partial charge is 0.346 e. The number of unbranched alkanes of at least 4 members (excludes halogenated alkanes) is 1. The number of nitriles is 1. The van der Waals surface area contributed by atoms with Gasteiger partial charge in [-0.25, -0.2) is 9.59 Å². The molecule has 0 aliphatic heterocycles. The number of H-pyrrole nitrogens is 1. The van der Waals surface area contributed by atoms with Crippen LogP contribution in [0.1, 0.15) is 28.9 Å². The van der Waals surface area contributed by atoms with Gasteiger partial charge in [0, 0.05) is 17.9 Å². The summed E-state index contributed by atoms with van der Waals surface area (Å²) in [5, 5.41) is 17.6. The highest BCUT2D eigenvalue weighted by atomic mass is 32.2. The van der Waals surface area contributed by atoms with Gasteiger partial charge < -0.3 is 10.1 Å². The highest BCUT2D eigenvalue weighted by Gasteiger charge is 2.16. The highest BCUT2D eigenvalue weighted by Crippen LogP contribution is 2.21. The average Bonchev–Trinajstić information content (AvgIpc) is 2.22. The van der Waals surface area contributed by atoms with Gasteiger partial charge in [0.05, 0.1) is 6.07 Å². The van der Waals surface area contributed by atoms with Crippen LogP contribution in [0.15, 0.2) is 9.82 Å². The van der Waals surface area contributed by atoms with Crippen LogP contribution in [0, 0.1) is 18.3 Å². The number of carboxylic acid groups (broad SMARTS) is 1. The molecule has 1 aromatic heterocycles. The van der Waals surface area contributed by atoms with Gasteiger partial charge in [0.1, 0.15) is 10.6 Å². The lowest BCUT2D eigenvalue weighted by Crippen LogP contribution is -2.18. The molecule has 1 aromatic rings. The third kappa shape index (κ3) is 3.60. The minimum atomic E-state index is -1.12. The van der Waals surface area contributed by atoms with Gasteiger partial charge >= 0.3 is 11.7 Å². The van der Waals surface area contributed by atoms with Crippen molar-refractivity contribution < 1.29 is 9.90 Å². The first-order valence-corrected chi connectivity index (χ1v) is 5.88. The van der Waals surface area contributed by atoms with Gasteiger partial charge in [0.25, 0.3) is 0 Å². The number of hydrogen-bond acceptors (Lipinski definition) is 5. The molecule has 7 heteroatoms. The van der Waals surface area contributed by atoms with E-state index in [0.717, 1.165) is 0 Å². The maximum absolute atomic E-state index is 11.1. The van der Waals surface area contributed by atoms with Crippen LogP contribution in [0.25, 0.3) is 0 Å². The maximum Gasteiger partial charge on any atom is 0.346 e. The summed E-state index contributed by atoms with van der Waals surface area (Å²) in [6.45, 7) is 1.52. The molecule has 0 fully saturated rings. The van der Waals surface area contributed by atoms with Crippen LogP contribution in [0.3, 0.4) is 0 Å². The topological polar surface area (TPSA) is 107 Å². The van der Waals surface area contributed by atoms with Crippen molar-refractivity contribution in [3.8, 4) is 6.07 Å². The Hall–Kier alpha value is -1.81. The van der Waals surface area contributed by atoms with E-state index >= 15 is 0 Å². The van der Waals surface area contributed by atoms with Gasteiger partial charge in [0.15, 0.2) is 0 Å². The predicted molar refractivity (Wildman–Crippen MR) is 62.1 cm³/mol. The molecule has 0 unspecified atom stereocenters. The largest absolute Gasteiger partial charge is 0.478 e. The molecule has 2 N–H and O–H groups in total. The molecule has 0 aliphatic carbocycles. The molecular weight excluding hydrogens is 242 g/mol. The Morgan fingerprint density at radius 1 is 1.65 bits per heavy atom. The van der Waals surface area contributed by atoms with Crippen molar-refractivity contribution in [1.82, 2.24) is 9.97 Å². The Kier molecular flexibility index (Phi) is 4.72. The molecule has 0 aliphatic rings. The highest BCUT2D eigenvalue weighted by molar-refractivity contribution is 7.99. The number of rotatable bonds is 5. The second kappa shape index (κ2) is 6.06. The predicted octanol–water partition coefficient (Wildman–Crippen LogP) is 1.17. The van der Waals surface area contributed by atoms with Crippen molar-refractivity contribution in [2.24, 2.45) is 0 Å². The van der Waals surface area contributed by atoms with E-state index in [4.69, 9.17) is 10.4 Å². The zero-order valence-corrected chi connectivity index (χ0v) is 10.0. The monoisotopic (exact) mass is 253 g/mol. The molecule has 0 radical (unpaired) electrons. The van der Waals surface area contributed by atoms with Crippen LogP contribution in [-0.4, -0.2) is 26.8 Å². The number of nitrogens with zero attached hydrogens (tertiary/aromatic N) is 2. The molecule has 0 saturated heterocycles. The first-order valence-electron chi connectivity index (χ1n) is 4.90. The molecule has 17 heavy (non-hydrogen) atoms. The fourth-order valence-electron chi connectivity index (χ4n) is 1.24. The van der Waals surface area contributed by atoms with Gasteiger partial charge in [-0.05, 0) is 13.3 Å². The van der Waals surface area contributed by atoms with Crippen molar-refractivity contribution in [2.75, 3.05) is 5.75 Å². The molecule has 0 atom stereocenters. The number of aromatic nitrogens is 2. The summed E-state index contributed by atoms with van der Waals surface area (Å²) in [5.74, 6) is -0.557. The Morgan fingerprint density at radius 2 is 2.35 bits per heavy atom. The summed E-state index contributed by atoms with van der Waals surface area (Å²) in [6.07, 6.45) is 1.03. The zero-order valence-electron chi connectivity index (χ0n) is 9.19. The van der Waals surface area contributed by atoms with Crippen LogP contribution < -0.4 is 5.69 Å². The quantitative estimate of drug-likeness (QED) is 0.463. The van der Waals surface area contributed by atoms with Crippen molar-refractivity contribution in [2.45, 2.75) is 24.8 Å². The molecule has 1 rings (SSSR count). The van der Waals surface area contributed by atoms with Gasteiger partial charge in [-0.15, -0.1) is 11.8 Å². The Balaban J connectivity index is 2.93. The third-order valence-electron chi connectivity index (χ3n) is 1.97. The van der Waals surface area contributed by atoms with Gasteiger partial charge in [0.2, 0.25) is 0 Å². The van der Waals surface area contributed by atoms with Gasteiger partial charge in [-0.2, -0.15) is 10.2 Å². The van der Waals surface area contributed by atoms with E-state index in [-0.39, 0.29) is 10.6 Å². The van der Waals surface area contributed by atoms with Gasteiger partial charge in [-0.3, -0.25) is 0 Å². The normalized spacial score (nSPS) is 9.88. The van der Waals surface area contributed by atoms with Gasteiger partial charge in [-0.1, -0.05) is 0 Å². The fourth-order valence-corrected chi connectivity index (χ4v) is 2.25. The van der Waals surface area contributed by atoms with Crippen molar-refractivity contribution in [3.63, 3.8) is 0 Å². The molecular formula is C10H11N3O3S. The minimum absolute atomic E-state index is 0.0200. The maximum atomic E-state index is 11.1. The summed E-state index contributed by atoms with van der Waals surface area (Å²) >= 11 is 1.18. The summed E-state index contributed by atoms with van der Waals surface area (Å²) in [6, 6.07) is 2.00. The molecule has 0 bridgehead atoms. The molecule has 1 heterocycles. The second-order valence-electron chi connectivity index (χ2n) is 3.26. The SMILES string of the molecule is Cc1[nH]c(=O)nc(SCCCC#N)c1C(=O)O. The Morgan fingerprint density at radius 3 is 2.94 bits per heavy atom. The molecule has 6 nitrogen and oxygen atoms in total. The number of aromatic carboxylic acids is 1. The van der Waals surface area contributed by atoms with E-state index in [2.05, 4.69) is 9.97 Å². The lowest BCUT2D eigenvalue weighted by atomic mass is 10.2. The van der Waals surface area contributed by atoms with E-state index in [9.17, 15) is 9.59 Å². The fraction of sp³-hybridized carbons (Fsp3) is 0.400. The van der Waals surface area contributed by atoms with Crippen LogP contribution in [0.4, 0.5) is 0 Å². The second-order valence-corrected chi connectivity index (χ2v) is 4.35. The first kappa shape index (κ1) is 13.3. The van der Waals surface area contributed by atoms with Crippen LogP contribution in [0.2, 0.25) is 0 Å². The molecule has 90 valence electrons. The number of aromatic amines is 1.